The average molecular weight is 468 g/mol. The highest BCUT2D eigenvalue weighted by Crippen LogP contribution is 2.34. The number of fused-ring (bicyclic) bond motifs is 1. The summed E-state index contributed by atoms with van der Waals surface area (Å²) in [6.07, 6.45) is 0.355. The van der Waals surface area contributed by atoms with Gasteiger partial charge in [-0.3, -0.25) is 4.79 Å². The third-order valence-electron chi connectivity index (χ3n) is 4.90. The molecule has 1 aromatic carbocycles. The summed E-state index contributed by atoms with van der Waals surface area (Å²) in [5.74, 6) is 1.33. The maximum Gasteiger partial charge on any atom is 0.419 e. The van der Waals surface area contributed by atoms with Gasteiger partial charge in [0.2, 0.25) is 5.91 Å². The largest absolute Gasteiger partial charge is 0.493 e. The zero-order chi connectivity index (χ0) is 23.3. The number of aromatic nitrogens is 2. The topological polar surface area (TPSA) is 163 Å². The number of ether oxygens (including phenoxy) is 2. The molecule has 14 heteroatoms. The van der Waals surface area contributed by atoms with Crippen molar-refractivity contribution in [2.24, 2.45) is 0 Å². The van der Waals surface area contributed by atoms with E-state index in [1.54, 1.807) is 20.3 Å². The van der Waals surface area contributed by atoms with Gasteiger partial charge in [-0.25, -0.2) is 19.5 Å². The number of nitrogens with zero attached hydrogens (tertiary/aromatic N) is 4. The minimum Gasteiger partial charge on any atom is -0.493 e. The number of nitrogens with one attached hydrogen (secondary N) is 2. The first kappa shape index (κ1) is 23.3. The zero-order valence-corrected chi connectivity index (χ0v) is 18.4. The highest BCUT2D eigenvalue weighted by Gasteiger charge is 2.23. The van der Waals surface area contributed by atoms with Gasteiger partial charge in [0.05, 0.1) is 26.3 Å². The van der Waals surface area contributed by atoms with Gasteiger partial charge in [-0.05, 0) is 12.5 Å². The lowest BCUT2D eigenvalue weighted by molar-refractivity contribution is -0.129. The maximum absolute atomic E-state index is 12.4. The lowest BCUT2D eigenvalue weighted by Crippen LogP contribution is -2.46. The minimum atomic E-state index is -4.31. The molecule has 0 bridgehead atoms. The van der Waals surface area contributed by atoms with E-state index in [9.17, 15) is 18.0 Å². The fourth-order valence-corrected chi connectivity index (χ4v) is 4.04. The maximum atomic E-state index is 12.4. The molecule has 1 aliphatic rings. The Morgan fingerprint density at radius 2 is 1.81 bits per heavy atom. The second kappa shape index (κ2) is 9.82. The van der Waals surface area contributed by atoms with Crippen LogP contribution in [0.2, 0.25) is 0 Å². The number of carbonyl (C=O) groups is 2. The van der Waals surface area contributed by atoms with E-state index in [4.69, 9.17) is 14.6 Å². The molecule has 0 atom stereocenters. The Balaban J connectivity index is 1.72. The van der Waals surface area contributed by atoms with Gasteiger partial charge in [0.1, 0.15) is 12.1 Å². The van der Waals surface area contributed by atoms with E-state index in [-0.39, 0.29) is 0 Å². The Kier molecular flexibility index (Phi) is 7.15. The van der Waals surface area contributed by atoms with Gasteiger partial charge in [-0.1, -0.05) is 0 Å². The Morgan fingerprint density at radius 3 is 2.50 bits per heavy atom. The number of benzene rings is 1. The Bertz CT molecular complexity index is 1110. The fourth-order valence-electron chi connectivity index (χ4n) is 3.42. The molecule has 3 N–H and O–H groups in total. The van der Waals surface area contributed by atoms with Crippen LogP contribution in [0.25, 0.3) is 10.9 Å². The smallest absolute Gasteiger partial charge is 0.419 e. The number of hydrogen-bond donors (Lipinski definition) is 3. The SMILES string of the molecule is COc1cc2ncnc(N3CCCN(C(=O)CNS(=O)(=O)NC(=O)O)CC3)c2cc1OC. The molecule has 2 amide bonds. The van der Waals surface area contributed by atoms with Gasteiger partial charge in [-0.15, -0.1) is 0 Å². The van der Waals surface area contributed by atoms with Crippen LogP contribution in [0.1, 0.15) is 6.42 Å². The predicted molar refractivity (Wildman–Crippen MR) is 114 cm³/mol. The second-order valence-electron chi connectivity index (χ2n) is 6.87. The molecule has 2 aromatic rings. The van der Waals surface area contributed by atoms with Crippen LogP contribution in [-0.4, -0.2) is 87.3 Å². The van der Waals surface area contributed by atoms with Crippen LogP contribution >= 0.6 is 0 Å². The Morgan fingerprint density at radius 1 is 1.09 bits per heavy atom. The molecular formula is C18H24N6O7S. The highest BCUT2D eigenvalue weighted by molar-refractivity contribution is 7.88. The van der Waals surface area contributed by atoms with Crippen LogP contribution in [0.15, 0.2) is 18.5 Å². The summed E-state index contributed by atoms with van der Waals surface area (Å²) in [4.78, 5) is 35.2. The summed E-state index contributed by atoms with van der Waals surface area (Å²) in [6, 6.07) is 3.58. The molecule has 1 fully saturated rings. The number of carboxylic acid groups (broad SMARTS) is 1. The van der Waals surface area contributed by atoms with E-state index in [0.29, 0.717) is 55.4 Å². The average Bonchev–Trinajstić information content (AvgIpc) is 3.01. The van der Waals surface area contributed by atoms with Crippen molar-refractivity contribution in [3.8, 4) is 11.5 Å². The number of rotatable bonds is 7. The van der Waals surface area contributed by atoms with Gasteiger partial charge in [0, 0.05) is 37.6 Å². The first-order valence-corrected chi connectivity index (χ1v) is 11.1. The summed E-state index contributed by atoms with van der Waals surface area (Å²) < 4.78 is 37.0. The van der Waals surface area contributed by atoms with Crippen LogP contribution in [0, 0.1) is 0 Å². The van der Waals surface area contributed by atoms with E-state index < -0.39 is 28.8 Å². The second-order valence-corrected chi connectivity index (χ2v) is 8.37. The highest BCUT2D eigenvalue weighted by atomic mass is 32.2. The molecule has 0 aliphatic carbocycles. The van der Waals surface area contributed by atoms with Crippen molar-refractivity contribution in [1.29, 1.82) is 0 Å². The van der Waals surface area contributed by atoms with Gasteiger partial charge in [0.15, 0.2) is 11.5 Å². The van der Waals surface area contributed by atoms with Crippen molar-refractivity contribution in [2.45, 2.75) is 6.42 Å². The van der Waals surface area contributed by atoms with Crippen LogP contribution in [0.4, 0.5) is 10.6 Å². The van der Waals surface area contributed by atoms with Crippen LogP contribution in [0.3, 0.4) is 0 Å². The fraction of sp³-hybridized carbons (Fsp3) is 0.444. The number of methoxy groups -OCH3 is 2. The molecule has 0 saturated carbocycles. The van der Waals surface area contributed by atoms with Crippen molar-refractivity contribution < 1.29 is 32.6 Å². The van der Waals surface area contributed by atoms with E-state index >= 15 is 0 Å². The molecule has 174 valence electrons. The predicted octanol–water partition coefficient (Wildman–Crippen LogP) is -0.212. The molecule has 1 aromatic heterocycles. The van der Waals surface area contributed by atoms with Crippen molar-refractivity contribution in [2.75, 3.05) is 51.8 Å². The molecule has 0 unspecified atom stereocenters. The molecular weight excluding hydrogens is 444 g/mol. The van der Waals surface area contributed by atoms with Crippen molar-refractivity contribution in [3.05, 3.63) is 18.5 Å². The zero-order valence-electron chi connectivity index (χ0n) is 17.6. The first-order chi connectivity index (χ1) is 15.2. The van der Waals surface area contributed by atoms with Crippen LogP contribution in [0.5, 0.6) is 11.5 Å². The molecule has 3 rings (SSSR count). The lowest BCUT2D eigenvalue weighted by Gasteiger charge is -2.24. The Hall–Kier alpha value is -3.39. The van der Waals surface area contributed by atoms with Gasteiger partial charge >= 0.3 is 16.3 Å². The van der Waals surface area contributed by atoms with Crippen molar-refractivity contribution >= 4 is 38.9 Å². The molecule has 2 heterocycles. The van der Waals surface area contributed by atoms with E-state index in [2.05, 4.69) is 9.97 Å². The van der Waals surface area contributed by atoms with Crippen LogP contribution < -0.4 is 23.8 Å². The minimum absolute atomic E-state index is 0.339. The summed E-state index contributed by atoms with van der Waals surface area (Å²) in [7, 11) is -1.22. The quantitative estimate of drug-likeness (QED) is 0.495. The van der Waals surface area contributed by atoms with E-state index in [0.717, 1.165) is 5.39 Å². The summed E-state index contributed by atoms with van der Waals surface area (Å²) in [6.45, 7) is 1.30. The van der Waals surface area contributed by atoms with E-state index in [1.165, 1.54) is 15.9 Å². The molecule has 1 saturated heterocycles. The van der Waals surface area contributed by atoms with Crippen molar-refractivity contribution in [3.63, 3.8) is 0 Å². The molecule has 13 nitrogen and oxygen atoms in total. The third kappa shape index (κ3) is 5.45. The Labute approximate surface area is 184 Å². The normalized spacial score (nSPS) is 14.7. The monoisotopic (exact) mass is 468 g/mol. The molecule has 1 aliphatic heterocycles. The standard InChI is InChI=1S/C18H24N6O7S/c1-30-14-8-12-13(9-15(14)31-2)19-11-20-17(12)24-5-3-4-23(6-7-24)16(25)10-21-32(28,29)22-18(26)27/h8-9,11,21-22H,3-7,10H2,1-2H3,(H,26,27). The first-order valence-electron chi connectivity index (χ1n) is 9.64. The van der Waals surface area contributed by atoms with Crippen LogP contribution in [-0.2, 0) is 15.0 Å². The summed E-state index contributed by atoms with van der Waals surface area (Å²) >= 11 is 0. The van der Waals surface area contributed by atoms with Gasteiger partial charge in [0.25, 0.3) is 0 Å². The third-order valence-corrected chi connectivity index (χ3v) is 5.87. The van der Waals surface area contributed by atoms with Crippen molar-refractivity contribution in [1.82, 2.24) is 24.3 Å². The molecule has 32 heavy (non-hydrogen) atoms. The number of amides is 2. The molecule has 0 radical (unpaired) electrons. The van der Waals surface area contributed by atoms with Gasteiger partial charge < -0.3 is 24.4 Å². The number of hydrogen-bond acceptors (Lipinski definition) is 9. The number of anilines is 1. The molecule has 0 spiro atoms. The lowest BCUT2D eigenvalue weighted by atomic mass is 10.2. The van der Waals surface area contributed by atoms with E-state index in [1.807, 2.05) is 15.7 Å². The summed E-state index contributed by atoms with van der Waals surface area (Å²) in [5, 5.41) is 9.29. The summed E-state index contributed by atoms with van der Waals surface area (Å²) in [5.41, 5.74) is 0.685. The number of carbonyl (C=O) groups excluding carboxylic acids is 1. The van der Waals surface area contributed by atoms with Gasteiger partial charge in [-0.2, -0.15) is 13.1 Å².